The molecule has 0 bridgehead atoms. The lowest BCUT2D eigenvalue weighted by Crippen LogP contribution is -1.96. The minimum Gasteiger partial charge on any atom is -0.392 e. The van der Waals surface area contributed by atoms with Crippen molar-refractivity contribution in [1.29, 1.82) is 0 Å². The van der Waals surface area contributed by atoms with Gasteiger partial charge < -0.3 is 35.1 Å². The number of pyridine rings is 5. The fourth-order valence-electron chi connectivity index (χ4n) is 8.89. The highest BCUT2D eigenvalue weighted by Gasteiger charge is 2.20. The van der Waals surface area contributed by atoms with E-state index in [1.165, 1.54) is 0 Å². The monoisotopic (exact) mass is 1280 g/mol. The maximum Gasteiger partial charge on any atom is 0.196 e. The number of H-pyrrole nitrogens is 5. The molecule has 0 amide bonds. The van der Waals surface area contributed by atoms with Crippen molar-refractivity contribution in [2.24, 2.45) is 0 Å². The van der Waals surface area contributed by atoms with Crippen LogP contribution in [-0.4, -0.2) is 85.0 Å². The molecule has 0 atom stereocenters. The number of aryl methyl sites for hydroxylation is 1. The third-order valence-electron chi connectivity index (χ3n) is 13.1. The Kier molecular flexibility index (Phi) is 18.3. The first-order valence-corrected chi connectivity index (χ1v) is 28.0. The zero-order valence-corrected chi connectivity index (χ0v) is 48.9. The second-order valence-electron chi connectivity index (χ2n) is 19.1. The highest BCUT2D eigenvalue weighted by Crippen LogP contribution is 2.31. The van der Waals surface area contributed by atoms with E-state index in [-0.39, 0.29) is 40.1 Å². The minimum absolute atomic E-state index is 0.00824. The van der Waals surface area contributed by atoms with E-state index in [2.05, 4.69) is 74.8 Å². The van der Waals surface area contributed by atoms with Crippen molar-refractivity contribution in [1.82, 2.24) is 74.8 Å². The number of nitrogens with zero attached hydrogens (tertiary/aromatic N) is 10. The number of hydrogen-bond acceptors (Lipinski definition) is 12. The molecule has 89 heavy (non-hydrogen) atoms. The Hall–Kier alpha value is -10.1. The average Bonchev–Trinajstić information content (AvgIpc) is 1.84. The molecule has 17 nitrogen and oxygen atoms in total. The van der Waals surface area contributed by atoms with E-state index < -0.39 is 35.7 Å². The van der Waals surface area contributed by atoms with E-state index in [1.807, 2.05) is 73.7 Å². The second-order valence-corrected chi connectivity index (χ2v) is 20.8. The van der Waals surface area contributed by atoms with Gasteiger partial charge in [-0.1, -0.05) is 76.7 Å². The first-order chi connectivity index (χ1) is 43.1. The first kappa shape index (κ1) is 60.6. The van der Waals surface area contributed by atoms with E-state index in [1.54, 1.807) is 91.6 Å². The lowest BCUT2D eigenvalue weighted by atomic mass is 10.2. The highest BCUT2D eigenvalue weighted by atomic mass is 35.5. The Bertz CT molecular complexity index is 4850. The summed E-state index contributed by atoms with van der Waals surface area (Å²) in [6, 6.07) is 40.3. The molecule has 7 N–H and O–H groups in total. The van der Waals surface area contributed by atoms with Gasteiger partial charge >= 0.3 is 0 Å². The van der Waals surface area contributed by atoms with Gasteiger partial charge in [0.05, 0.1) is 61.9 Å². The van der Waals surface area contributed by atoms with E-state index in [0.29, 0.717) is 60.0 Å². The number of rotatable bonds is 7. The van der Waals surface area contributed by atoms with Crippen LogP contribution in [0.15, 0.2) is 171 Å². The fraction of sp³-hybridized carbons (Fsp3) is 0.0476. The van der Waals surface area contributed by atoms with Crippen LogP contribution in [0.3, 0.4) is 0 Å². The van der Waals surface area contributed by atoms with Crippen molar-refractivity contribution in [3.63, 3.8) is 0 Å². The van der Waals surface area contributed by atoms with Gasteiger partial charge in [0.1, 0.15) is 56.4 Å². The summed E-state index contributed by atoms with van der Waals surface area (Å²) in [4.78, 5) is 57.2. The van der Waals surface area contributed by atoms with Crippen molar-refractivity contribution in [3.8, 4) is 57.6 Å². The third-order valence-corrected chi connectivity index (χ3v) is 14.2. The van der Waals surface area contributed by atoms with Gasteiger partial charge in [-0.3, -0.25) is 24.9 Å². The summed E-state index contributed by atoms with van der Waals surface area (Å²) in [5, 5.41) is 20.4. The summed E-state index contributed by atoms with van der Waals surface area (Å²) in [6.45, 7) is 1.21. The maximum atomic E-state index is 14.0. The standard InChI is InChI=1S/C13H10ClN3O.C13H10ClN3.C13H9F2N3O.C12H7Cl2N3.C12H6F3N3/c14-9-6-12-11(5-8(9)7-18)16-13(17-12)10-3-1-2-4-15-10;1-8-6-9(14)12-11(7-8)16-13(17-12)10-4-2-3-5-15-10;14-8-5-10-12(11(15)7(8)6-19)18-13(17-10)9-3-1-2-4-16-9;13-7-5-8(14)11-10(6-7)16-12(17-11)9-3-1-2-4-15-9;13-6-5-8-11(10(15)9(6)14)18-12(17-8)7-3-1-2-4-16-7/h1-6,18H,7H2,(H,16,17);2-7H,1H3,(H,16,17);1-5,19H,6H2,(H,17,18);1-6H,(H,16,17);1-5H,(H,17,18). The molecular weight excluding hydrogens is 1240 g/mol. The van der Waals surface area contributed by atoms with Crippen LogP contribution < -0.4 is 0 Å². The number of nitrogens with one attached hydrogen (secondary N) is 5. The molecule has 10 heterocycles. The Morgan fingerprint density at radius 3 is 1.20 bits per heavy atom. The molecule has 0 aliphatic rings. The number of imidazole rings is 5. The molecule has 5 aromatic carbocycles. The van der Waals surface area contributed by atoms with Crippen LogP contribution in [0.4, 0.5) is 22.0 Å². The molecule has 0 spiro atoms. The number of benzene rings is 5. The second kappa shape index (κ2) is 26.9. The lowest BCUT2D eigenvalue weighted by Gasteiger charge is -2.00. The predicted molar refractivity (Wildman–Crippen MR) is 333 cm³/mol. The molecule has 15 rings (SSSR count). The summed E-state index contributed by atoms with van der Waals surface area (Å²) in [5.74, 6) is -3.01. The van der Waals surface area contributed by atoms with Crippen molar-refractivity contribution in [2.75, 3.05) is 0 Å². The van der Waals surface area contributed by atoms with Crippen LogP contribution in [0.1, 0.15) is 16.7 Å². The van der Waals surface area contributed by atoms with Crippen molar-refractivity contribution < 1.29 is 32.2 Å². The van der Waals surface area contributed by atoms with Gasteiger partial charge in [-0.05, 0) is 115 Å². The number of aliphatic hydroxyl groups is 2. The highest BCUT2D eigenvalue weighted by molar-refractivity contribution is 6.38. The summed E-state index contributed by atoms with van der Waals surface area (Å²) in [5.41, 5.74) is 9.68. The Morgan fingerprint density at radius 2 is 0.764 bits per heavy atom. The Balaban J connectivity index is 0.000000115. The number of hydrogen-bond donors (Lipinski definition) is 7. The normalized spacial score (nSPS) is 11.0. The third kappa shape index (κ3) is 13.6. The lowest BCUT2D eigenvalue weighted by molar-refractivity contribution is 0.269. The van der Waals surface area contributed by atoms with Crippen molar-refractivity contribution >= 4 is 102 Å². The van der Waals surface area contributed by atoms with E-state index >= 15 is 0 Å². The van der Waals surface area contributed by atoms with Gasteiger partial charge in [-0.25, -0.2) is 46.9 Å². The zero-order chi connectivity index (χ0) is 62.3. The Labute approximate surface area is 519 Å². The molecule has 0 aliphatic heterocycles. The molecule has 0 radical (unpaired) electrons. The Morgan fingerprint density at radius 1 is 0.371 bits per heavy atom. The maximum absolute atomic E-state index is 14.0. The average molecular weight is 1280 g/mol. The number of aromatic amines is 5. The molecular formula is C63H42Cl4F5N15O2. The molecule has 0 saturated heterocycles. The molecule has 444 valence electrons. The van der Waals surface area contributed by atoms with Crippen molar-refractivity contribution in [2.45, 2.75) is 20.1 Å². The number of halogens is 9. The molecule has 26 heteroatoms. The predicted octanol–water partition coefficient (Wildman–Crippen LogP) is 15.7. The van der Waals surface area contributed by atoms with Crippen LogP contribution >= 0.6 is 46.4 Å². The number of aromatic nitrogens is 15. The van der Waals surface area contributed by atoms with E-state index in [4.69, 9.17) is 51.5 Å². The summed E-state index contributed by atoms with van der Waals surface area (Å²) in [7, 11) is 0. The molecule has 0 saturated carbocycles. The quantitative estimate of drug-likeness (QED) is 0.0582. The molecule has 15 aromatic rings. The van der Waals surface area contributed by atoms with Crippen LogP contribution in [0.5, 0.6) is 0 Å². The molecule has 0 aliphatic carbocycles. The van der Waals surface area contributed by atoms with Gasteiger partial charge in [0, 0.05) is 53.2 Å². The first-order valence-electron chi connectivity index (χ1n) is 26.5. The summed E-state index contributed by atoms with van der Waals surface area (Å²) in [6.07, 6.45) is 8.31. The molecule has 0 fully saturated rings. The smallest absolute Gasteiger partial charge is 0.196 e. The van der Waals surface area contributed by atoms with Crippen molar-refractivity contribution in [3.05, 3.63) is 236 Å². The van der Waals surface area contributed by atoms with E-state index in [9.17, 15) is 27.1 Å². The van der Waals surface area contributed by atoms with Crippen LogP contribution in [0.2, 0.25) is 20.1 Å². The van der Waals surface area contributed by atoms with Gasteiger partial charge in [0.15, 0.2) is 52.4 Å². The van der Waals surface area contributed by atoms with Crippen LogP contribution in [0, 0.1) is 36.0 Å². The summed E-state index contributed by atoms with van der Waals surface area (Å²) >= 11 is 24.2. The molecule has 10 aromatic heterocycles. The van der Waals surface area contributed by atoms with Gasteiger partial charge in [0.25, 0.3) is 0 Å². The largest absolute Gasteiger partial charge is 0.392 e. The minimum atomic E-state index is -1.53. The van der Waals surface area contributed by atoms with Crippen LogP contribution in [-0.2, 0) is 13.2 Å². The summed E-state index contributed by atoms with van der Waals surface area (Å²) < 4.78 is 67.1. The van der Waals surface area contributed by atoms with Gasteiger partial charge in [-0.2, -0.15) is 0 Å². The van der Waals surface area contributed by atoms with Crippen LogP contribution in [0.25, 0.3) is 113 Å². The molecule has 0 unspecified atom stereocenters. The van der Waals surface area contributed by atoms with Gasteiger partial charge in [0.2, 0.25) is 0 Å². The fourth-order valence-corrected chi connectivity index (χ4v) is 9.96. The topological polar surface area (TPSA) is 248 Å². The van der Waals surface area contributed by atoms with E-state index in [0.717, 1.165) is 68.2 Å². The van der Waals surface area contributed by atoms with Gasteiger partial charge in [-0.15, -0.1) is 0 Å². The zero-order valence-electron chi connectivity index (χ0n) is 45.8. The SMILES string of the molecule is Cc1cc(Cl)c2nc(-c3ccccn3)[nH]c2c1.Clc1cc(Cl)c2nc(-c3ccccn3)[nH]c2c1.Fc1cc2[nH]c(-c3ccccn3)nc2c(F)c1F.OCc1c(F)cc2[nH]c(-c3ccccn3)nc2c1F.OCc1cc2[nH]c(-c3ccccn3)nc2cc1Cl. The number of aliphatic hydroxyl groups excluding tert-OH is 2. The number of fused-ring (bicyclic) bond motifs is 5.